The quantitative estimate of drug-likeness (QED) is 0.393. The summed E-state index contributed by atoms with van der Waals surface area (Å²) in [5, 5.41) is 6.81. The number of hydrogen-bond acceptors (Lipinski definition) is 3. The molecule has 0 fully saturated rings. The average Bonchev–Trinajstić information content (AvgIpc) is 3.08. The van der Waals surface area contributed by atoms with Crippen LogP contribution in [0.25, 0.3) is 11.3 Å². The third kappa shape index (κ3) is 4.60. The van der Waals surface area contributed by atoms with Crippen LogP contribution in [0.1, 0.15) is 20.8 Å². The van der Waals surface area contributed by atoms with Gasteiger partial charge in [-0.3, -0.25) is 9.37 Å². The lowest BCUT2D eigenvalue weighted by Gasteiger charge is -2.07. The smallest absolute Gasteiger partial charge is 0.277 e. The van der Waals surface area contributed by atoms with E-state index in [0.29, 0.717) is 15.7 Å². The summed E-state index contributed by atoms with van der Waals surface area (Å²) >= 11 is 1.34. The third-order valence-electron chi connectivity index (χ3n) is 4.09. The highest BCUT2D eigenvalue weighted by Gasteiger charge is 2.21. The molecule has 0 saturated carbocycles. The molecule has 1 aromatic heterocycles. The van der Waals surface area contributed by atoms with Gasteiger partial charge in [0, 0.05) is 11.3 Å². The van der Waals surface area contributed by atoms with E-state index in [1.165, 1.54) is 16.9 Å². The van der Waals surface area contributed by atoms with Crippen LogP contribution in [0, 0.1) is 13.8 Å². The maximum absolute atomic E-state index is 13.0. The van der Waals surface area contributed by atoms with Gasteiger partial charge in [0.05, 0.1) is 19.8 Å². The first-order valence-corrected chi connectivity index (χ1v) is 9.47. The Morgan fingerprint density at radius 2 is 1.81 bits per heavy atom. The summed E-state index contributed by atoms with van der Waals surface area (Å²) in [6, 6.07) is 15.7. The van der Waals surface area contributed by atoms with E-state index in [9.17, 15) is 4.79 Å². The molecule has 2 aromatic carbocycles. The number of nitrogens with zero attached hydrogens (tertiary/aromatic N) is 2. The molecule has 1 heterocycles. The summed E-state index contributed by atoms with van der Waals surface area (Å²) < 4.78 is 1.89. The number of benzene rings is 2. The molecule has 5 nitrogen and oxygen atoms in total. The summed E-state index contributed by atoms with van der Waals surface area (Å²) in [5.41, 5.74) is 4.71. The third-order valence-corrected chi connectivity index (χ3v) is 5.08. The molecule has 0 aliphatic rings. The van der Waals surface area contributed by atoms with E-state index >= 15 is 0 Å². The Bertz CT molecular complexity index is 989. The minimum absolute atomic E-state index is 0.160. The van der Waals surface area contributed by atoms with E-state index in [1.54, 1.807) is 6.34 Å². The van der Waals surface area contributed by atoms with Crippen LogP contribution in [0.5, 0.6) is 0 Å². The highest BCUT2D eigenvalue weighted by molar-refractivity contribution is 7.18. The number of rotatable bonds is 5. The molecule has 0 aliphatic heterocycles. The lowest BCUT2D eigenvalue weighted by atomic mass is 10.1. The fourth-order valence-corrected chi connectivity index (χ4v) is 3.36. The molecule has 6 heteroatoms. The molecule has 3 rings (SSSR count). The van der Waals surface area contributed by atoms with Crippen LogP contribution in [0.4, 0.5) is 10.8 Å². The van der Waals surface area contributed by atoms with E-state index in [0.717, 1.165) is 16.8 Å². The van der Waals surface area contributed by atoms with Crippen molar-refractivity contribution in [2.24, 2.45) is 0 Å². The molecule has 0 aliphatic carbocycles. The summed E-state index contributed by atoms with van der Waals surface area (Å²) in [6.07, 6.45) is 1.80. The van der Waals surface area contributed by atoms with Gasteiger partial charge in [-0.25, -0.2) is 5.32 Å². The molecule has 1 amide bonds. The van der Waals surface area contributed by atoms with Crippen molar-refractivity contribution in [2.75, 3.05) is 24.7 Å². The minimum Gasteiger partial charge on any atom is -0.321 e. The van der Waals surface area contributed by atoms with Gasteiger partial charge in [0.15, 0.2) is 0 Å². The molecule has 2 N–H and O–H groups in total. The van der Waals surface area contributed by atoms with Crippen molar-refractivity contribution >= 4 is 34.4 Å². The summed E-state index contributed by atoms with van der Waals surface area (Å²) in [5.74, 6) is -0.160. The highest BCUT2D eigenvalue weighted by atomic mass is 32.1. The Kier molecular flexibility index (Phi) is 5.66. The van der Waals surface area contributed by atoms with Crippen LogP contribution in [0.3, 0.4) is 0 Å². The van der Waals surface area contributed by atoms with Gasteiger partial charge < -0.3 is 5.32 Å². The number of carbonyl (C=O) groups is 1. The van der Waals surface area contributed by atoms with Crippen molar-refractivity contribution in [1.29, 1.82) is 0 Å². The predicted molar refractivity (Wildman–Crippen MR) is 113 cm³/mol. The van der Waals surface area contributed by atoms with E-state index in [2.05, 4.69) is 22.5 Å². The first-order valence-electron chi connectivity index (χ1n) is 8.65. The van der Waals surface area contributed by atoms with Gasteiger partial charge in [-0.1, -0.05) is 47.7 Å². The monoisotopic (exact) mass is 379 g/mol. The Balaban J connectivity index is 1.95. The summed E-state index contributed by atoms with van der Waals surface area (Å²) in [7, 11) is 3.85. The molecule has 138 valence electrons. The van der Waals surface area contributed by atoms with Gasteiger partial charge in [0.25, 0.3) is 11.0 Å². The van der Waals surface area contributed by atoms with Crippen LogP contribution in [-0.2, 0) is 0 Å². The molecule has 0 bridgehead atoms. The molecule has 0 atom stereocenters. The van der Waals surface area contributed by atoms with Crippen molar-refractivity contribution in [3.05, 3.63) is 64.5 Å². The number of thiazole rings is 1. The zero-order chi connectivity index (χ0) is 19.4. The van der Waals surface area contributed by atoms with Gasteiger partial charge in [0.2, 0.25) is 6.34 Å². The SMILES string of the molecule is Cc1ccc(NC(=O)c2sc(NC=[N+](C)C)nc2-c2ccccc2)cc1C. The lowest BCUT2D eigenvalue weighted by Crippen LogP contribution is -2.11. The fourth-order valence-electron chi connectivity index (χ4n) is 2.52. The van der Waals surface area contributed by atoms with E-state index in [-0.39, 0.29) is 5.91 Å². The molecule has 0 saturated heterocycles. The fraction of sp³-hybridized carbons (Fsp3) is 0.190. The largest absolute Gasteiger partial charge is 0.321 e. The minimum atomic E-state index is -0.160. The van der Waals surface area contributed by atoms with Crippen molar-refractivity contribution in [2.45, 2.75) is 13.8 Å². The number of aryl methyl sites for hydroxylation is 2. The predicted octanol–water partition coefficient (Wildman–Crippen LogP) is 4.39. The molecule has 0 spiro atoms. The number of amides is 1. The number of carbonyl (C=O) groups excluding carboxylic acids is 1. The van der Waals surface area contributed by atoms with Gasteiger partial charge >= 0.3 is 0 Å². The zero-order valence-corrected chi connectivity index (χ0v) is 16.7. The van der Waals surface area contributed by atoms with E-state index in [1.807, 2.05) is 74.1 Å². The Morgan fingerprint density at radius 1 is 1.07 bits per heavy atom. The van der Waals surface area contributed by atoms with Gasteiger partial charge in [-0.15, -0.1) is 0 Å². The Labute approximate surface area is 163 Å². The number of anilines is 2. The van der Waals surface area contributed by atoms with Crippen molar-refractivity contribution in [3.63, 3.8) is 0 Å². The molecule has 3 aromatic rings. The standard InChI is InChI=1S/C21H22N4OS/c1-14-10-11-17(12-15(14)2)23-20(26)19-18(16-8-6-5-7-9-16)24-21(27-19)22-13-25(3)4/h5-13H,1-4H3,(H,23,26)/p+1. The number of hydrogen-bond donors (Lipinski definition) is 2. The molecular formula is C21H23N4OS+. The highest BCUT2D eigenvalue weighted by Crippen LogP contribution is 2.31. The van der Waals surface area contributed by atoms with Crippen LogP contribution in [0.2, 0.25) is 0 Å². The lowest BCUT2D eigenvalue weighted by molar-refractivity contribution is -0.459. The van der Waals surface area contributed by atoms with Gasteiger partial charge in [0.1, 0.15) is 4.88 Å². The van der Waals surface area contributed by atoms with Crippen LogP contribution in [-0.4, -0.2) is 35.9 Å². The van der Waals surface area contributed by atoms with Crippen LogP contribution < -0.4 is 10.6 Å². The topological polar surface area (TPSA) is 57.0 Å². The van der Waals surface area contributed by atoms with Crippen molar-refractivity contribution in [1.82, 2.24) is 4.98 Å². The van der Waals surface area contributed by atoms with Gasteiger partial charge in [-0.2, -0.15) is 4.98 Å². The maximum Gasteiger partial charge on any atom is 0.277 e. The van der Waals surface area contributed by atoms with Crippen LogP contribution >= 0.6 is 11.3 Å². The summed E-state index contributed by atoms with van der Waals surface area (Å²) in [6.45, 7) is 4.09. The second-order valence-electron chi connectivity index (χ2n) is 6.55. The normalized spacial score (nSPS) is 10.4. The average molecular weight is 380 g/mol. The molecule has 27 heavy (non-hydrogen) atoms. The first-order chi connectivity index (χ1) is 12.9. The summed E-state index contributed by atoms with van der Waals surface area (Å²) in [4.78, 5) is 18.2. The van der Waals surface area contributed by atoms with Crippen molar-refractivity contribution in [3.8, 4) is 11.3 Å². The second-order valence-corrected chi connectivity index (χ2v) is 7.55. The Morgan fingerprint density at radius 3 is 2.48 bits per heavy atom. The number of aromatic nitrogens is 1. The van der Waals surface area contributed by atoms with E-state index in [4.69, 9.17) is 0 Å². The van der Waals surface area contributed by atoms with Gasteiger partial charge in [-0.05, 0) is 37.1 Å². The van der Waals surface area contributed by atoms with Crippen LogP contribution in [0.15, 0.2) is 48.5 Å². The zero-order valence-electron chi connectivity index (χ0n) is 15.9. The molecule has 0 radical (unpaired) electrons. The van der Waals surface area contributed by atoms with E-state index < -0.39 is 0 Å². The maximum atomic E-state index is 13.0. The first kappa shape index (κ1) is 18.8. The second kappa shape index (κ2) is 8.14. The number of nitrogens with one attached hydrogen (secondary N) is 2. The van der Waals surface area contributed by atoms with Crippen molar-refractivity contribution < 1.29 is 9.37 Å². The molecular weight excluding hydrogens is 356 g/mol. The molecule has 0 unspecified atom stereocenters. The Hall–Kier alpha value is -2.99.